The standard InChI is InChI=1S/C20H17FN2O3/c21-17-7-4-6-16(14-17)10-11-20(25)26-15-19(24)23(13-5-12-22)18-8-2-1-3-9-18/h1-4,6-11,14H,5,13,15H2. The molecule has 0 aliphatic heterocycles. The molecule has 0 saturated carbocycles. The van der Waals surface area contributed by atoms with Crippen LogP contribution in [-0.4, -0.2) is 25.0 Å². The van der Waals surface area contributed by atoms with Crippen LogP contribution in [0.2, 0.25) is 0 Å². The number of anilines is 1. The van der Waals surface area contributed by atoms with Crippen molar-refractivity contribution in [3.63, 3.8) is 0 Å². The lowest BCUT2D eigenvalue weighted by Crippen LogP contribution is -2.35. The zero-order chi connectivity index (χ0) is 18.8. The van der Waals surface area contributed by atoms with E-state index in [4.69, 9.17) is 10.00 Å². The van der Waals surface area contributed by atoms with Gasteiger partial charge in [0.25, 0.3) is 5.91 Å². The average molecular weight is 352 g/mol. The highest BCUT2D eigenvalue weighted by Gasteiger charge is 2.16. The second kappa shape index (κ2) is 9.74. The molecule has 26 heavy (non-hydrogen) atoms. The number of para-hydroxylation sites is 1. The number of esters is 1. The smallest absolute Gasteiger partial charge is 0.331 e. The van der Waals surface area contributed by atoms with Crippen molar-refractivity contribution in [3.05, 3.63) is 72.1 Å². The van der Waals surface area contributed by atoms with Crippen LogP contribution >= 0.6 is 0 Å². The van der Waals surface area contributed by atoms with Crippen LogP contribution in [-0.2, 0) is 14.3 Å². The number of benzene rings is 2. The Morgan fingerprint density at radius 3 is 2.62 bits per heavy atom. The highest BCUT2D eigenvalue weighted by molar-refractivity contribution is 5.96. The number of rotatable bonds is 7. The summed E-state index contributed by atoms with van der Waals surface area (Å²) in [5, 5.41) is 8.75. The quantitative estimate of drug-likeness (QED) is 0.566. The summed E-state index contributed by atoms with van der Waals surface area (Å²) in [6.45, 7) is -0.247. The van der Waals surface area contributed by atoms with Crippen molar-refractivity contribution >= 4 is 23.6 Å². The largest absolute Gasteiger partial charge is 0.452 e. The zero-order valence-corrected chi connectivity index (χ0v) is 14.0. The molecule has 0 aliphatic carbocycles. The lowest BCUT2D eigenvalue weighted by Gasteiger charge is -2.21. The topological polar surface area (TPSA) is 70.4 Å². The molecular formula is C20H17FN2O3. The van der Waals surface area contributed by atoms with Gasteiger partial charge in [0.1, 0.15) is 5.82 Å². The predicted molar refractivity (Wildman–Crippen MR) is 95.4 cm³/mol. The Bertz CT molecular complexity index is 828. The maximum absolute atomic E-state index is 13.1. The molecule has 0 heterocycles. The molecule has 6 heteroatoms. The van der Waals surface area contributed by atoms with Gasteiger partial charge in [0.05, 0.1) is 12.5 Å². The first-order valence-electron chi connectivity index (χ1n) is 7.93. The summed E-state index contributed by atoms with van der Waals surface area (Å²) in [7, 11) is 0. The van der Waals surface area contributed by atoms with Gasteiger partial charge in [0.2, 0.25) is 0 Å². The van der Waals surface area contributed by atoms with Gasteiger partial charge in [-0.2, -0.15) is 5.26 Å². The van der Waals surface area contributed by atoms with E-state index in [1.807, 2.05) is 12.1 Å². The minimum atomic E-state index is -0.712. The van der Waals surface area contributed by atoms with Gasteiger partial charge in [-0.1, -0.05) is 30.3 Å². The molecule has 0 aliphatic rings. The van der Waals surface area contributed by atoms with E-state index in [-0.39, 0.29) is 13.0 Å². The summed E-state index contributed by atoms with van der Waals surface area (Å²) in [6, 6.07) is 16.6. The number of amides is 1. The van der Waals surface area contributed by atoms with Gasteiger partial charge in [0.15, 0.2) is 6.61 Å². The van der Waals surface area contributed by atoms with Crippen LogP contribution in [0.4, 0.5) is 10.1 Å². The van der Waals surface area contributed by atoms with Crippen molar-refractivity contribution in [3.8, 4) is 6.07 Å². The van der Waals surface area contributed by atoms with Crippen LogP contribution in [0.1, 0.15) is 12.0 Å². The highest BCUT2D eigenvalue weighted by Crippen LogP contribution is 2.14. The molecule has 5 nitrogen and oxygen atoms in total. The summed E-state index contributed by atoms with van der Waals surface area (Å²) in [4.78, 5) is 25.5. The third-order valence-corrected chi connectivity index (χ3v) is 3.41. The van der Waals surface area contributed by atoms with Crippen LogP contribution in [0.5, 0.6) is 0 Å². The monoisotopic (exact) mass is 352 g/mol. The van der Waals surface area contributed by atoms with Crippen LogP contribution in [0.3, 0.4) is 0 Å². The molecule has 0 unspecified atom stereocenters. The molecule has 0 aromatic heterocycles. The van der Waals surface area contributed by atoms with E-state index in [2.05, 4.69) is 0 Å². The molecule has 0 radical (unpaired) electrons. The number of hydrogen-bond acceptors (Lipinski definition) is 4. The van der Waals surface area contributed by atoms with Gasteiger partial charge < -0.3 is 9.64 Å². The average Bonchev–Trinajstić information content (AvgIpc) is 2.66. The van der Waals surface area contributed by atoms with Crippen LogP contribution in [0.15, 0.2) is 60.7 Å². The Kier molecular flexibility index (Phi) is 7.07. The lowest BCUT2D eigenvalue weighted by atomic mass is 10.2. The number of carbonyl (C=O) groups is 2. The van der Waals surface area contributed by atoms with Gasteiger partial charge in [-0.15, -0.1) is 0 Å². The third kappa shape index (κ3) is 5.87. The second-order valence-corrected chi connectivity index (χ2v) is 5.29. The Balaban J connectivity index is 1.94. The normalized spacial score (nSPS) is 10.3. The van der Waals surface area contributed by atoms with Crippen molar-refractivity contribution in [2.75, 3.05) is 18.1 Å². The molecule has 0 spiro atoms. The summed E-state index contributed by atoms with van der Waals surface area (Å²) in [5.41, 5.74) is 1.13. The SMILES string of the molecule is N#CCCN(C(=O)COC(=O)C=Cc1cccc(F)c1)c1ccccc1. The molecule has 1 amide bonds. The molecular weight excluding hydrogens is 335 g/mol. The molecule has 2 aromatic carbocycles. The maximum atomic E-state index is 13.1. The molecule has 0 saturated heterocycles. The highest BCUT2D eigenvalue weighted by atomic mass is 19.1. The van der Waals surface area contributed by atoms with Crippen molar-refractivity contribution in [2.45, 2.75) is 6.42 Å². The van der Waals surface area contributed by atoms with Crippen LogP contribution in [0, 0.1) is 17.1 Å². The fourth-order valence-corrected chi connectivity index (χ4v) is 2.20. The number of ether oxygens (including phenoxy) is 1. The zero-order valence-electron chi connectivity index (χ0n) is 14.0. The number of halogens is 1. The Hall–Kier alpha value is -3.46. The summed E-state index contributed by atoms with van der Waals surface area (Å²) < 4.78 is 18.0. The van der Waals surface area contributed by atoms with Gasteiger partial charge in [-0.25, -0.2) is 9.18 Å². The van der Waals surface area contributed by atoms with E-state index >= 15 is 0 Å². The fraction of sp³-hybridized carbons (Fsp3) is 0.150. The van der Waals surface area contributed by atoms with Crippen molar-refractivity contribution < 1.29 is 18.7 Å². The van der Waals surface area contributed by atoms with E-state index in [0.717, 1.165) is 6.08 Å². The molecule has 132 valence electrons. The van der Waals surface area contributed by atoms with E-state index in [0.29, 0.717) is 11.3 Å². The first-order valence-corrected chi connectivity index (χ1v) is 7.93. The Labute approximate surface area is 150 Å². The number of hydrogen-bond donors (Lipinski definition) is 0. The first kappa shape index (κ1) is 18.9. The first-order chi connectivity index (χ1) is 12.6. The van der Waals surface area contributed by atoms with Gasteiger partial charge in [-0.3, -0.25) is 4.79 Å². The van der Waals surface area contributed by atoms with Crippen LogP contribution in [0.25, 0.3) is 6.08 Å². The van der Waals surface area contributed by atoms with Gasteiger partial charge >= 0.3 is 5.97 Å². The lowest BCUT2D eigenvalue weighted by molar-refractivity contribution is -0.142. The van der Waals surface area contributed by atoms with Gasteiger partial charge in [0, 0.05) is 18.3 Å². The summed E-state index contributed by atoms with van der Waals surface area (Å²) in [6.07, 6.45) is 2.69. The van der Waals surface area contributed by atoms with Crippen LogP contribution < -0.4 is 4.90 Å². The van der Waals surface area contributed by atoms with E-state index in [1.165, 1.54) is 29.2 Å². The fourth-order valence-electron chi connectivity index (χ4n) is 2.20. The molecule has 2 rings (SSSR count). The number of carbonyl (C=O) groups excluding carboxylic acids is 2. The van der Waals surface area contributed by atoms with E-state index in [1.54, 1.807) is 30.3 Å². The molecule has 0 N–H and O–H groups in total. The minimum Gasteiger partial charge on any atom is -0.452 e. The number of nitriles is 1. The summed E-state index contributed by atoms with van der Waals surface area (Å²) >= 11 is 0. The van der Waals surface area contributed by atoms with Crippen molar-refractivity contribution in [1.29, 1.82) is 5.26 Å². The molecule has 0 atom stereocenters. The van der Waals surface area contributed by atoms with Crippen molar-refractivity contribution in [1.82, 2.24) is 0 Å². The van der Waals surface area contributed by atoms with E-state index < -0.39 is 24.3 Å². The molecule has 0 fully saturated rings. The molecule has 2 aromatic rings. The third-order valence-electron chi connectivity index (χ3n) is 3.41. The molecule has 0 bridgehead atoms. The van der Waals surface area contributed by atoms with Crippen molar-refractivity contribution in [2.24, 2.45) is 0 Å². The predicted octanol–water partition coefficient (Wildman–Crippen LogP) is 3.33. The summed E-state index contributed by atoms with van der Waals surface area (Å²) in [5.74, 6) is -1.55. The maximum Gasteiger partial charge on any atom is 0.331 e. The minimum absolute atomic E-state index is 0.161. The number of nitrogens with zero attached hydrogens (tertiary/aromatic N) is 2. The Morgan fingerprint density at radius 2 is 1.92 bits per heavy atom. The van der Waals surface area contributed by atoms with Gasteiger partial charge in [-0.05, 0) is 35.9 Å². The Morgan fingerprint density at radius 1 is 1.15 bits per heavy atom. The second-order valence-electron chi connectivity index (χ2n) is 5.29. The van der Waals surface area contributed by atoms with E-state index in [9.17, 15) is 14.0 Å².